The number of phenols is 2. The summed E-state index contributed by atoms with van der Waals surface area (Å²) in [6.07, 6.45) is 4.80. The van der Waals surface area contributed by atoms with Crippen LogP contribution in [0.1, 0.15) is 54.2 Å². The number of hydrogen-bond donors (Lipinski definition) is 3. The van der Waals surface area contributed by atoms with Crippen LogP contribution in [-0.2, 0) is 6.42 Å². The van der Waals surface area contributed by atoms with E-state index in [1.54, 1.807) is 0 Å². The number of aliphatic hydroxyl groups excluding tert-OH is 1. The highest BCUT2D eigenvalue weighted by Crippen LogP contribution is 2.61. The van der Waals surface area contributed by atoms with E-state index in [0.29, 0.717) is 23.7 Å². The summed E-state index contributed by atoms with van der Waals surface area (Å²) in [6, 6.07) is 13.9. The standard InChI is InChI=1S/C23H26O3/c24-15-10-14-6-7-17-16-8-9-20(25)19(16)12-18(13-4-2-1-3-5-13)23(17)22(14)21(26)11-15/h1-5,10-11,16-20,23-26H,6-9,12H2/t16-,17-,18+,19-,20?,23+/m0/s1. The molecule has 3 heteroatoms. The van der Waals surface area contributed by atoms with Crippen LogP contribution in [0.5, 0.6) is 11.5 Å². The minimum atomic E-state index is -0.179. The van der Waals surface area contributed by atoms with Gasteiger partial charge >= 0.3 is 0 Å². The van der Waals surface area contributed by atoms with Gasteiger partial charge in [0.05, 0.1) is 6.10 Å². The summed E-state index contributed by atoms with van der Waals surface area (Å²) in [5.74, 6) is 2.41. The Morgan fingerprint density at radius 3 is 2.46 bits per heavy atom. The van der Waals surface area contributed by atoms with Crippen LogP contribution in [0.3, 0.4) is 0 Å². The smallest absolute Gasteiger partial charge is 0.123 e. The Balaban J connectivity index is 1.66. The molecule has 3 N–H and O–H groups in total. The molecule has 3 aliphatic rings. The molecule has 2 aromatic carbocycles. The van der Waals surface area contributed by atoms with Gasteiger partial charge in [-0.15, -0.1) is 0 Å². The van der Waals surface area contributed by atoms with E-state index in [9.17, 15) is 15.3 Å². The van der Waals surface area contributed by atoms with E-state index in [4.69, 9.17) is 0 Å². The van der Waals surface area contributed by atoms with Crippen molar-refractivity contribution in [2.45, 2.75) is 50.0 Å². The van der Waals surface area contributed by atoms with Crippen molar-refractivity contribution in [3.8, 4) is 11.5 Å². The highest BCUT2D eigenvalue weighted by Gasteiger charge is 2.52. The van der Waals surface area contributed by atoms with Gasteiger partial charge in [0.15, 0.2) is 0 Å². The molecule has 136 valence electrons. The third-order valence-electron chi connectivity index (χ3n) is 7.35. The van der Waals surface area contributed by atoms with Gasteiger partial charge in [0.1, 0.15) is 11.5 Å². The predicted octanol–water partition coefficient (Wildman–Crippen LogP) is 4.32. The Morgan fingerprint density at radius 2 is 1.65 bits per heavy atom. The first-order chi connectivity index (χ1) is 12.6. The van der Waals surface area contributed by atoms with Crippen LogP contribution in [0.4, 0.5) is 0 Å². The minimum Gasteiger partial charge on any atom is -0.508 e. The number of rotatable bonds is 1. The van der Waals surface area contributed by atoms with Gasteiger partial charge in [-0.1, -0.05) is 30.3 Å². The first-order valence-corrected chi connectivity index (χ1v) is 9.91. The molecule has 0 radical (unpaired) electrons. The van der Waals surface area contributed by atoms with Gasteiger partial charge in [-0.25, -0.2) is 0 Å². The highest BCUT2D eigenvalue weighted by molar-refractivity contribution is 5.51. The summed E-state index contributed by atoms with van der Waals surface area (Å²) in [4.78, 5) is 0. The van der Waals surface area contributed by atoms with Gasteiger partial charge in [-0.3, -0.25) is 0 Å². The number of aliphatic hydroxyl groups is 1. The summed E-state index contributed by atoms with van der Waals surface area (Å²) >= 11 is 0. The maximum absolute atomic E-state index is 10.7. The highest BCUT2D eigenvalue weighted by atomic mass is 16.3. The van der Waals surface area contributed by atoms with Crippen LogP contribution in [0.15, 0.2) is 42.5 Å². The van der Waals surface area contributed by atoms with E-state index in [2.05, 4.69) is 24.3 Å². The van der Waals surface area contributed by atoms with E-state index in [0.717, 1.165) is 43.2 Å². The molecule has 1 unspecified atom stereocenters. The lowest BCUT2D eigenvalue weighted by atomic mass is 9.55. The molecule has 3 aliphatic carbocycles. The molecule has 0 amide bonds. The summed E-state index contributed by atoms with van der Waals surface area (Å²) in [6.45, 7) is 0. The van der Waals surface area contributed by atoms with Crippen molar-refractivity contribution >= 4 is 0 Å². The number of aromatic hydroxyl groups is 2. The molecule has 3 nitrogen and oxygen atoms in total. The van der Waals surface area contributed by atoms with Crippen molar-refractivity contribution in [3.05, 3.63) is 59.2 Å². The minimum absolute atomic E-state index is 0.154. The fourth-order valence-corrected chi connectivity index (χ4v) is 6.39. The Bertz CT molecular complexity index is 816. The van der Waals surface area contributed by atoms with Crippen LogP contribution in [-0.4, -0.2) is 21.4 Å². The molecule has 0 bridgehead atoms. The van der Waals surface area contributed by atoms with E-state index in [-0.39, 0.29) is 23.5 Å². The second-order valence-corrected chi connectivity index (χ2v) is 8.49. The van der Waals surface area contributed by atoms with Crippen LogP contribution in [0.2, 0.25) is 0 Å². The average Bonchev–Trinajstić information content (AvgIpc) is 3.02. The van der Waals surface area contributed by atoms with Crippen molar-refractivity contribution in [3.63, 3.8) is 0 Å². The van der Waals surface area contributed by atoms with Crippen LogP contribution in [0.25, 0.3) is 0 Å². The van der Waals surface area contributed by atoms with Gasteiger partial charge in [0.2, 0.25) is 0 Å². The molecule has 0 aliphatic heterocycles. The molecular formula is C23H26O3. The lowest BCUT2D eigenvalue weighted by Gasteiger charge is -2.49. The largest absolute Gasteiger partial charge is 0.508 e. The first kappa shape index (κ1) is 16.2. The molecule has 0 aromatic heterocycles. The summed E-state index contributed by atoms with van der Waals surface area (Å²) in [5, 5.41) is 31.2. The Morgan fingerprint density at radius 1 is 0.846 bits per heavy atom. The molecule has 0 heterocycles. The van der Waals surface area contributed by atoms with Gasteiger partial charge in [0, 0.05) is 11.6 Å². The van der Waals surface area contributed by atoms with Crippen molar-refractivity contribution in [2.24, 2.45) is 17.8 Å². The fourth-order valence-electron chi connectivity index (χ4n) is 6.39. The molecule has 2 aromatic rings. The van der Waals surface area contributed by atoms with Crippen molar-refractivity contribution in [1.29, 1.82) is 0 Å². The van der Waals surface area contributed by atoms with Crippen molar-refractivity contribution in [2.75, 3.05) is 0 Å². The van der Waals surface area contributed by atoms with E-state index < -0.39 is 0 Å². The summed E-state index contributed by atoms with van der Waals surface area (Å²) in [5.41, 5.74) is 3.45. The van der Waals surface area contributed by atoms with Crippen LogP contribution < -0.4 is 0 Å². The zero-order valence-corrected chi connectivity index (χ0v) is 14.9. The maximum Gasteiger partial charge on any atom is 0.123 e. The second-order valence-electron chi connectivity index (χ2n) is 8.49. The monoisotopic (exact) mass is 350 g/mol. The molecule has 0 spiro atoms. The van der Waals surface area contributed by atoms with E-state index in [1.165, 1.54) is 11.6 Å². The van der Waals surface area contributed by atoms with Gasteiger partial charge < -0.3 is 15.3 Å². The predicted molar refractivity (Wildman–Crippen MR) is 100 cm³/mol. The lowest BCUT2D eigenvalue weighted by molar-refractivity contribution is 0.0446. The molecule has 26 heavy (non-hydrogen) atoms. The summed E-state index contributed by atoms with van der Waals surface area (Å²) in [7, 11) is 0. The number of hydrogen-bond acceptors (Lipinski definition) is 3. The third-order valence-corrected chi connectivity index (χ3v) is 7.35. The van der Waals surface area contributed by atoms with Gasteiger partial charge in [-0.2, -0.15) is 0 Å². The average molecular weight is 350 g/mol. The van der Waals surface area contributed by atoms with Crippen molar-refractivity contribution < 1.29 is 15.3 Å². The molecule has 2 saturated carbocycles. The first-order valence-electron chi connectivity index (χ1n) is 9.91. The normalized spacial score (nSPS) is 35.4. The number of aryl methyl sites for hydroxylation is 1. The van der Waals surface area contributed by atoms with Gasteiger partial charge in [-0.05, 0) is 78.9 Å². The fraction of sp³-hybridized carbons (Fsp3) is 0.478. The molecule has 2 fully saturated rings. The van der Waals surface area contributed by atoms with Crippen LogP contribution >= 0.6 is 0 Å². The van der Waals surface area contributed by atoms with E-state index >= 15 is 0 Å². The lowest BCUT2D eigenvalue weighted by Crippen LogP contribution is -2.40. The second kappa shape index (κ2) is 6.02. The maximum atomic E-state index is 10.7. The SMILES string of the molecule is Oc1cc(O)c2c(c1)CC[C@H]1[C@@H]3CCC(O)[C@H]3C[C@H](c3ccccc3)[C@H]21. The third kappa shape index (κ3) is 2.37. The Kier molecular flexibility index (Phi) is 3.75. The van der Waals surface area contributed by atoms with Crippen molar-refractivity contribution in [1.82, 2.24) is 0 Å². The summed E-state index contributed by atoms with van der Waals surface area (Å²) < 4.78 is 0. The number of fused-ring (bicyclic) bond motifs is 5. The molecule has 6 atom stereocenters. The van der Waals surface area contributed by atoms with Gasteiger partial charge in [0.25, 0.3) is 0 Å². The topological polar surface area (TPSA) is 60.7 Å². The zero-order chi connectivity index (χ0) is 17.8. The molecule has 5 rings (SSSR count). The Labute approximate surface area is 154 Å². The number of phenolic OH excluding ortho intramolecular Hbond substituents is 2. The zero-order valence-electron chi connectivity index (χ0n) is 14.9. The number of benzene rings is 2. The molecule has 0 saturated heterocycles. The van der Waals surface area contributed by atoms with Crippen LogP contribution in [0, 0.1) is 17.8 Å². The molecular weight excluding hydrogens is 324 g/mol. The van der Waals surface area contributed by atoms with E-state index in [1.807, 2.05) is 12.1 Å². The quantitative estimate of drug-likeness (QED) is 0.718. The Hall–Kier alpha value is -2.00.